The van der Waals surface area contributed by atoms with E-state index in [0.29, 0.717) is 28.3 Å². The third-order valence-corrected chi connectivity index (χ3v) is 5.20. The van der Waals surface area contributed by atoms with Crippen LogP contribution in [0.15, 0.2) is 78.9 Å². The molecule has 2 atom stereocenters. The summed E-state index contributed by atoms with van der Waals surface area (Å²) >= 11 is 0. The third-order valence-electron chi connectivity index (χ3n) is 4.46. The minimum atomic E-state index is -1.14. The molecule has 0 aliphatic heterocycles. The number of anilines is 1. The molecule has 7 heteroatoms. The third kappa shape index (κ3) is 6.26. The average molecular weight is 438 g/mol. The first-order valence-corrected chi connectivity index (χ1v) is 11.3. The number of carbonyl (C=O) groups excluding carboxylic acids is 2. The highest BCUT2D eigenvalue weighted by Crippen LogP contribution is 2.23. The highest BCUT2D eigenvalue weighted by atomic mass is 32.2. The fraction of sp³-hybridized carbons (Fsp3) is 0.167. The Bertz CT molecular complexity index is 1070. The second kappa shape index (κ2) is 10.5. The van der Waals surface area contributed by atoms with Gasteiger partial charge in [-0.3, -0.25) is 9.00 Å². The van der Waals surface area contributed by atoms with Crippen molar-refractivity contribution >= 4 is 28.4 Å². The van der Waals surface area contributed by atoms with Crippen LogP contribution in [-0.4, -0.2) is 29.5 Å². The molecule has 31 heavy (non-hydrogen) atoms. The standard InChI is InChI=1S/C24H23NO5S/c1-29-21-13-11-20(12-14-21)25-23(26)22(18-8-4-3-5-9-18)30-24(27)19-10-6-7-17(15-19)16-31(2)28/h3-15,22H,16H2,1-2H3,(H,25,26). The summed E-state index contributed by atoms with van der Waals surface area (Å²) in [7, 11) is 0.525. The number of hydrogen-bond donors (Lipinski definition) is 1. The summed E-state index contributed by atoms with van der Waals surface area (Å²) in [5.41, 5.74) is 2.15. The molecule has 0 aliphatic rings. The Morgan fingerprint density at radius 1 is 0.968 bits per heavy atom. The molecule has 0 saturated carbocycles. The molecule has 0 fully saturated rings. The van der Waals surface area contributed by atoms with Gasteiger partial charge in [-0.25, -0.2) is 4.79 Å². The van der Waals surface area contributed by atoms with Crippen LogP contribution in [0.3, 0.4) is 0 Å². The number of nitrogens with one attached hydrogen (secondary N) is 1. The molecule has 3 aromatic carbocycles. The highest BCUT2D eigenvalue weighted by molar-refractivity contribution is 7.83. The van der Waals surface area contributed by atoms with Gasteiger partial charge in [-0.2, -0.15) is 0 Å². The van der Waals surface area contributed by atoms with Crippen molar-refractivity contribution in [3.8, 4) is 5.75 Å². The molecular weight excluding hydrogens is 414 g/mol. The number of methoxy groups -OCH3 is 1. The van der Waals surface area contributed by atoms with Crippen molar-refractivity contribution in [2.75, 3.05) is 18.7 Å². The molecule has 160 valence electrons. The minimum absolute atomic E-state index is 0.293. The lowest BCUT2D eigenvalue weighted by atomic mass is 10.1. The van der Waals surface area contributed by atoms with Crippen molar-refractivity contribution in [3.63, 3.8) is 0 Å². The maximum Gasteiger partial charge on any atom is 0.339 e. The Labute approximate surface area is 183 Å². The van der Waals surface area contributed by atoms with Gasteiger partial charge in [0.15, 0.2) is 0 Å². The number of rotatable bonds is 8. The monoisotopic (exact) mass is 437 g/mol. The zero-order valence-corrected chi connectivity index (χ0v) is 18.1. The molecule has 6 nitrogen and oxygen atoms in total. The number of hydrogen-bond acceptors (Lipinski definition) is 5. The molecule has 0 aliphatic carbocycles. The van der Waals surface area contributed by atoms with Crippen LogP contribution in [-0.2, 0) is 26.1 Å². The topological polar surface area (TPSA) is 81.7 Å². The van der Waals surface area contributed by atoms with E-state index < -0.39 is 28.8 Å². The number of ether oxygens (including phenoxy) is 2. The van der Waals surface area contributed by atoms with Crippen molar-refractivity contribution in [1.82, 2.24) is 0 Å². The summed E-state index contributed by atoms with van der Waals surface area (Å²) in [4.78, 5) is 25.8. The van der Waals surface area contributed by atoms with Gasteiger partial charge < -0.3 is 14.8 Å². The van der Waals surface area contributed by atoms with E-state index in [0.717, 1.165) is 5.56 Å². The van der Waals surface area contributed by atoms with Crippen LogP contribution < -0.4 is 10.1 Å². The molecule has 0 heterocycles. The minimum Gasteiger partial charge on any atom is -0.497 e. The summed E-state index contributed by atoms with van der Waals surface area (Å²) in [6, 6.07) is 22.4. The number of benzene rings is 3. The lowest BCUT2D eigenvalue weighted by Crippen LogP contribution is -2.26. The summed E-state index contributed by atoms with van der Waals surface area (Å²) in [5.74, 6) is -0.115. The second-order valence-electron chi connectivity index (χ2n) is 6.83. The van der Waals surface area contributed by atoms with E-state index in [9.17, 15) is 13.8 Å². The molecule has 1 amide bonds. The fourth-order valence-electron chi connectivity index (χ4n) is 2.98. The Hall–Kier alpha value is -3.45. The molecule has 0 aromatic heterocycles. The zero-order chi connectivity index (χ0) is 22.2. The second-order valence-corrected chi connectivity index (χ2v) is 8.27. The van der Waals surface area contributed by atoms with Crippen molar-refractivity contribution in [1.29, 1.82) is 0 Å². The van der Waals surface area contributed by atoms with Gasteiger partial charge in [-0.1, -0.05) is 42.5 Å². The normalized spacial score (nSPS) is 12.5. The van der Waals surface area contributed by atoms with E-state index in [1.54, 1.807) is 86.2 Å². The van der Waals surface area contributed by atoms with Gasteiger partial charge in [0, 0.05) is 34.1 Å². The van der Waals surface area contributed by atoms with E-state index in [4.69, 9.17) is 9.47 Å². The molecule has 3 aromatic rings. The summed E-state index contributed by atoms with van der Waals surface area (Å²) in [6.07, 6.45) is 0.458. The smallest absolute Gasteiger partial charge is 0.339 e. The Kier molecular flexibility index (Phi) is 7.56. The van der Waals surface area contributed by atoms with Crippen molar-refractivity contribution in [3.05, 3.63) is 95.6 Å². The highest BCUT2D eigenvalue weighted by Gasteiger charge is 2.26. The van der Waals surface area contributed by atoms with E-state index in [2.05, 4.69) is 5.32 Å². The average Bonchev–Trinajstić information content (AvgIpc) is 2.78. The molecule has 0 saturated heterocycles. The van der Waals surface area contributed by atoms with E-state index in [1.165, 1.54) is 0 Å². The predicted octanol–water partition coefficient (Wildman–Crippen LogP) is 4.11. The first-order valence-electron chi connectivity index (χ1n) is 9.56. The molecule has 0 spiro atoms. The predicted molar refractivity (Wildman–Crippen MR) is 120 cm³/mol. The number of esters is 1. The van der Waals surface area contributed by atoms with Crippen LogP contribution in [0.5, 0.6) is 5.75 Å². The molecule has 3 rings (SSSR count). The van der Waals surface area contributed by atoms with Gasteiger partial charge >= 0.3 is 5.97 Å². The van der Waals surface area contributed by atoms with Crippen molar-refractivity contribution in [2.24, 2.45) is 0 Å². The van der Waals surface area contributed by atoms with Crippen molar-refractivity contribution < 1.29 is 23.3 Å². The van der Waals surface area contributed by atoms with Crippen LogP contribution in [0.1, 0.15) is 27.6 Å². The van der Waals surface area contributed by atoms with Gasteiger partial charge in [0.05, 0.1) is 12.7 Å². The van der Waals surface area contributed by atoms with Crippen LogP contribution in [0.25, 0.3) is 0 Å². The molecule has 0 radical (unpaired) electrons. The van der Waals surface area contributed by atoms with Gasteiger partial charge in [0.25, 0.3) is 5.91 Å². The van der Waals surface area contributed by atoms with Crippen LogP contribution in [0, 0.1) is 0 Å². The quantitative estimate of drug-likeness (QED) is 0.537. The van der Waals surface area contributed by atoms with Gasteiger partial charge in [0.1, 0.15) is 5.75 Å². The van der Waals surface area contributed by atoms with E-state index >= 15 is 0 Å². The molecule has 1 N–H and O–H groups in total. The van der Waals surface area contributed by atoms with E-state index in [1.807, 2.05) is 6.07 Å². The Morgan fingerprint density at radius 3 is 2.32 bits per heavy atom. The summed E-state index contributed by atoms with van der Waals surface area (Å²) in [6.45, 7) is 0. The Balaban J connectivity index is 1.81. The van der Waals surface area contributed by atoms with Crippen LogP contribution >= 0.6 is 0 Å². The lowest BCUT2D eigenvalue weighted by molar-refractivity contribution is -0.125. The maximum absolute atomic E-state index is 13.0. The first-order chi connectivity index (χ1) is 15.0. The molecule has 2 unspecified atom stereocenters. The van der Waals surface area contributed by atoms with Crippen molar-refractivity contribution in [2.45, 2.75) is 11.9 Å². The lowest BCUT2D eigenvalue weighted by Gasteiger charge is -2.18. The maximum atomic E-state index is 13.0. The van der Waals surface area contributed by atoms with E-state index in [-0.39, 0.29) is 0 Å². The van der Waals surface area contributed by atoms with Crippen LogP contribution in [0.4, 0.5) is 5.69 Å². The fourth-order valence-corrected chi connectivity index (χ4v) is 3.63. The SMILES string of the molecule is COc1ccc(NC(=O)C(OC(=O)c2cccc(CS(C)=O)c2)c2ccccc2)cc1. The largest absolute Gasteiger partial charge is 0.497 e. The number of amides is 1. The Morgan fingerprint density at radius 2 is 1.68 bits per heavy atom. The first kappa shape index (κ1) is 22.2. The van der Waals surface area contributed by atoms with Gasteiger partial charge in [-0.05, 0) is 42.0 Å². The zero-order valence-electron chi connectivity index (χ0n) is 17.2. The molecule has 0 bridgehead atoms. The summed E-state index contributed by atoms with van der Waals surface area (Å²) < 4.78 is 22.2. The van der Waals surface area contributed by atoms with Crippen LogP contribution in [0.2, 0.25) is 0 Å². The van der Waals surface area contributed by atoms with Gasteiger partial charge in [-0.15, -0.1) is 0 Å². The summed E-state index contributed by atoms with van der Waals surface area (Å²) in [5, 5.41) is 2.77. The molecular formula is C24H23NO5S. The number of carbonyl (C=O) groups is 2. The van der Waals surface area contributed by atoms with Gasteiger partial charge in [0.2, 0.25) is 6.10 Å².